The lowest BCUT2D eigenvalue weighted by atomic mass is 10.2. The van der Waals surface area contributed by atoms with Crippen LogP contribution >= 0.6 is 11.6 Å². The van der Waals surface area contributed by atoms with Gasteiger partial charge in [-0.25, -0.2) is 10.8 Å². The van der Waals surface area contributed by atoms with Crippen molar-refractivity contribution in [2.45, 2.75) is 25.7 Å². The Morgan fingerprint density at radius 3 is 2.40 bits per heavy atom. The van der Waals surface area contributed by atoms with Gasteiger partial charge in [0, 0.05) is 19.3 Å². The molecule has 0 aliphatic heterocycles. The number of aromatic nitrogens is 1. The lowest BCUT2D eigenvalue weighted by Gasteiger charge is -2.22. The molecule has 0 unspecified atom stereocenters. The van der Waals surface area contributed by atoms with Gasteiger partial charge in [0.05, 0.1) is 10.6 Å². The van der Waals surface area contributed by atoms with Crippen LogP contribution in [0.1, 0.15) is 36.0 Å². The SMILES string of the molecule is NNc1ncc(C(=O)N(CC2CC2)CC2CC2)cc1Cl. The van der Waals surface area contributed by atoms with Crippen LogP contribution in [0.3, 0.4) is 0 Å². The molecule has 0 atom stereocenters. The average molecular weight is 295 g/mol. The topological polar surface area (TPSA) is 71.2 Å². The highest BCUT2D eigenvalue weighted by molar-refractivity contribution is 6.33. The van der Waals surface area contributed by atoms with Crippen LogP contribution in [0.25, 0.3) is 0 Å². The summed E-state index contributed by atoms with van der Waals surface area (Å²) in [5, 5.41) is 0.371. The van der Waals surface area contributed by atoms with Gasteiger partial charge in [-0.15, -0.1) is 0 Å². The summed E-state index contributed by atoms with van der Waals surface area (Å²) in [5.41, 5.74) is 2.94. The first kappa shape index (κ1) is 13.6. The molecule has 2 aliphatic rings. The quantitative estimate of drug-likeness (QED) is 0.624. The summed E-state index contributed by atoms with van der Waals surface area (Å²) < 4.78 is 0. The van der Waals surface area contributed by atoms with E-state index in [0.29, 0.717) is 28.2 Å². The van der Waals surface area contributed by atoms with E-state index in [1.807, 2.05) is 4.90 Å². The summed E-state index contributed by atoms with van der Waals surface area (Å²) in [6.45, 7) is 1.73. The van der Waals surface area contributed by atoms with E-state index in [1.165, 1.54) is 31.9 Å². The van der Waals surface area contributed by atoms with Crippen molar-refractivity contribution in [1.29, 1.82) is 0 Å². The van der Waals surface area contributed by atoms with Gasteiger partial charge in [-0.05, 0) is 43.6 Å². The lowest BCUT2D eigenvalue weighted by molar-refractivity contribution is 0.0739. The molecule has 2 saturated carbocycles. The third kappa shape index (κ3) is 3.22. The maximum Gasteiger partial charge on any atom is 0.255 e. The van der Waals surface area contributed by atoms with E-state index in [4.69, 9.17) is 17.4 Å². The Morgan fingerprint density at radius 1 is 1.35 bits per heavy atom. The first-order valence-electron chi connectivity index (χ1n) is 7.09. The Morgan fingerprint density at radius 2 is 1.95 bits per heavy atom. The number of carbonyl (C=O) groups is 1. The highest BCUT2D eigenvalue weighted by Crippen LogP contribution is 2.34. The van der Waals surface area contributed by atoms with Crippen molar-refractivity contribution in [3.05, 3.63) is 22.8 Å². The fourth-order valence-electron chi connectivity index (χ4n) is 2.31. The number of carbonyl (C=O) groups excluding carboxylic acids is 1. The van der Waals surface area contributed by atoms with Crippen LogP contribution in [0.5, 0.6) is 0 Å². The number of hydrazine groups is 1. The molecule has 0 radical (unpaired) electrons. The maximum atomic E-state index is 12.6. The van der Waals surface area contributed by atoms with Crippen molar-refractivity contribution >= 4 is 23.3 Å². The van der Waals surface area contributed by atoms with Crippen LogP contribution in [0, 0.1) is 11.8 Å². The predicted octanol–water partition coefficient (Wildman–Crippen LogP) is 2.28. The van der Waals surface area contributed by atoms with E-state index in [0.717, 1.165) is 13.1 Å². The van der Waals surface area contributed by atoms with Crippen LogP contribution in [0.2, 0.25) is 5.02 Å². The summed E-state index contributed by atoms with van der Waals surface area (Å²) in [6, 6.07) is 1.64. The van der Waals surface area contributed by atoms with Crippen LogP contribution < -0.4 is 11.3 Å². The number of nitrogens with one attached hydrogen (secondary N) is 1. The van der Waals surface area contributed by atoms with Gasteiger partial charge in [-0.1, -0.05) is 11.6 Å². The molecule has 1 amide bonds. The van der Waals surface area contributed by atoms with E-state index in [2.05, 4.69) is 10.4 Å². The second-order valence-corrected chi connectivity index (χ2v) is 6.20. The molecule has 6 heteroatoms. The van der Waals surface area contributed by atoms with E-state index >= 15 is 0 Å². The molecule has 108 valence electrons. The van der Waals surface area contributed by atoms with Gasteiger partial charge >= 0.3 is 0 Å². The molecular weight excluding hydrogens is 276 g/mol. The zero-order valence-corrected chi connectivity index (χ0v) is 12.1. The van der Waals surface area contributed by atoms with Crippen LogP contribution in [0.4, 0.5) is 5.82 Å². The summed E-state index contributed by atoms with van der Waals surface area (Å²) >= 11 is 6.04. The number of hydrogen-bond acceptors (Lipinski definition) is 4. The molecule has 0 bridgehead atoms. The molecule has 1 heterocycles. The van der Waals surface area contributed by atoms with Crippen LogP contribution in [-0.4, -0.2) is 28.9 Å². The van der Waals surface area contributed by atoms with Gasteiger partial charge in [-0.3, -0.25) is 4.79 Å². The number of rotatable bonds is 6. The summed E-state index contributed by atoms with van der Waals surface area (Å²) in [5.74, 6) is 7.08. The fraction of sp³-hybridized carbons (Fsp3) is 0.571. The van der Waals surface area contributed by atoms with Crippen molar-refractivity contribution in [3.63, 3.8) is 0 Å². The molecule has 0 aromatic carbocycles. The first-order valence-corrected chi connectivity index (χ1v) is 7.46. The third-order valence-corrected chi connectivity index (χ3v) is 4.15. The van der Waals surface area contributed by atoms with Crippen molar-refractivity contribution in [2.75, 3.05) is 18.5 Å². The minimum atomic E-state index is 0.0294. The number of amides is 1. The standard InChI is InChI=1S/C14H19ClN4O/c15-12-5-11(6-17-13(12)18-16)14(20)19(7-9-1-2-9)8-10-3-4-10/h5-6,9-10H,1-4,7-8,16H2,(H,17,18). The molecule has 20 heavy (non-hydrogen) atoms. The predicted molar refractivity (Wildman–Crippen MR) is 78.4 cm³/mol. The second-order valence-electron chi connectivity index (χ2n) is 5.80. The van der Waals surface area contributed by atoms with E-state index < -0.39 is 0 Å². The number of hydrogen-bond donors (Lipinski definition) is 2. The smallest absolute Gasteiger partial charge is 0.255 e. The molecule has 3 rings (SSSR count). The number of nitrogens with zero attached hydrogens (tertiary/aromatic N) is 2. The number of halogens is 1. The van der Waals surface area contributed by atoms with Gasteiger partial charge in [0.25, 0.3) is 5.91 Å². The molecular formula is C14H19ClN4O. The van der Waals surface area contributed by atoms with Crippen molar-refractivity contribution in [1.82, 2.24) is 9.88 Å². The Kier molecular flexibility index (Phi) is 3.81. The van der Waals surface area contributed by atoms with Crippen molar-refractivity contribution < 1.29 is 4.79 Å². The molecule has 0 saturated heterocycles. The highest BCUT2D eigenvalue weighted by Gasteiger charge is 2.32. The highest BCUT2D eigenvalue weighted by atomic mass is 35.5. The molecule has 3 N–H and O–H groups in total. The van der Waals surface area contributed by atoms with E-state index in [1.54, 1.807) is 6.07 Å². The summed E-state index contributed by atoms with van der Waals surface area (Å²) in [4.78, 5) is 18.6. The minimum Gasteiger partial charge on any atom is -0.338 e. The minimum absolute atomic E-state index is 0.0294. The van der Waals surface area contributed by atoms with Gasteiger partial charge in [-0.2, -0.15) is 0 Å². The van der Waals surface area contributed by atoms with Gasteiger partial charge in [0.2, 0.25) is 0 Å². The number of nitrogen functional groups attached to an aromatic ring is 1. The van der Waals surface area contributed by atoms with E-state index in [-0.39, 0.29) is 5.91 Å². The van der Waals surface area contributed by atoms with Crippen molar-refractivity contribution in [2.24, 2.45) is 17.7 Å². The van der Waals surface area contributed by atoms with Gasteiger partial charge < -0.3 is 10.3 Å². The molecule has 1 aromatic rings. The molecule has 5 nitrogen and oxygen atoms in total. The normalized spacial score (nSPS) is 17.9. The second kappa shape index (κ2) is 5.58. The third-order valence-electron chi connectivity index (χ3n) is 3.86. The van der Waals surface area contributed by atoms with Crippen LogP contribution in [0.15, 0.2) is 12.3 Å². The molecule has 1 aromatic heterocycles. The maximum absolute atomic E-state index is 12.6. The zero-order chi connectivity index (χ0) is 14.1. The zero-order valence-electron chi connectivity index (χ0n) is 11.3. The molecule has 0 spiro atoms. The molecule has 2 fully saturated rings. The Labute approximate surface area is 123 Å². The lowest BCUT2D eigenvalue weighted by Crippen LogP contribution is -2.34. The number of nitrogens with two attached hydrogens (primary N) is 1. The fourth-order valence-corrected chi connectivity index (χ4v) is 2.53. The van der Waals surface area contributed by atoms with E-state index in [9.17, 15) is 4.79 Å². The first-order chi connectivity index (χ1) is 9.67. The average Bonchev–Trinajstić information content (AvgIpc) is 3.32. The van der Waals surface area contributed by atoms with Gasteiger partial charge in [0.1, 0.15) is 0 Å². The Hall–Kier alpha value is -1.33. The Bertz CT molecular complexity index is 500. The Balaban J connectivity index is 1.74. The number of pyridine rings is 1. The number of anilines is 1. The molecule has 2 aliphatic carbocycles. The summed E-state index contributed by atoms with van der Waals surface area (Å²) in [7, 11) is 0. The summed E-state index contributed by atoms with van der Waals surface area (Å²) in [6.07, 6.45) is 6.50. The van der Waals surface area contributed by atoms with Crippen LogP contribution in [-0.2, 0) is 0 Å². The van der Waals surface area contributed by atoms with Crippen molar-refractivity contribution in [3.8, 4) is 0 Å². The van der Waals surface area contributed by atoms with Gasteiger partial charge in [0.15, 0.2) is 5.82 Å². The largest absolute Gasteiger partial charge is 0.338 e. The monoisotopic (exact) mass is 294 g/mol.